The molecule has 328 valence electrons. The van der Waals surface area contributed by atoms with Crippen LogP contribution in [0.15, 0.2) is 97.1 Å². The number of carbonyl (C=O) groups is 2. The van der Waals surface area contributed by atoms with Crippen LogP contribution in [0.1, 0.15) is 89.5 Å². The zero-order valence-electron chi connectivity index (χ0n) is 36.1. The zero-order valence-corrected chi connectivity index (χ0v) is 37.7. The molecule has 2 aliphatic heterocycles. The van der Waals surface area contributed by atoms with Crippen molar-refractivity contribution in [1.82, 2.24) is 0 Å². The van der Waals surface area contributed by atoms with Gasteiger partial charge >= 0.3 is 11.9 Å². The number of para-hydroxylation sites is 4. The van der Waals surface area contributed by atoms with Gasteiger partial charge in [0.2, 0.25) is 0 Å². The van der Waals surface area contributed by atoms with Gasteiger partial charge in [-0.15, -0.1) is 0 Å². The molecule has 6 rings (SSSR count). The van der Waals surface area contributed by atoms with Gasteiger partial charge in [-0.25, -0.2) is 0 Å². The molecule has 2 aliphatic rings. The average Bonchev–Trinajstić information content (AvgIpc) is 3.22. The molecule has 14 heteroatoms. The highest BCUT2D eigenvalue weighted by atomic mass is 35.5. The first-order valence-corrected chi connectivity index (χ1v) is 22.2. The maximum atomic E-state index is 13.2. The Morgan fingerprint density at radius 3 is 1.00 bits per heavy atom. The van der Waals surface area contributed by atoms with Crippen molar-refractivity contribution in [3.8, 4) is 23.0 Å². The number of hydrogen-bond donors (Lipinski definition) is 2. The van der Waals surface area contributed by atoms with E-state index in [2.05, 4.69) is 41.5 Å². The van der Waals surface area contributed by atoms with E-state index >= 15 is 0 Å². The van der Waals surface area contributed by atoms with Crippen LogP contribution in [0, 0.1) is 0 Å². The molecule has 0 spiro atoms. The van der Waals surface area contributed by atoms with E-state index < -0.39 is 19.7 Å². The van der Waals surface area contributed by atoms with Crippen LogP contribution < -0.4 is 26.8 Å². The van der Waals surface area contributed by atoms with Crippen LogP contribution in [0.2, 0.25) is 0 Å². The number of halogens is 1. The van der Waals surface area contributed by atoms with Gasteiger partial charge < -0.3 is 55.0 Å². The highest BCUT2D eigenvalue weighted by Crippen LogP contribution is 2.46. The third-order valence-electron chi connectivity index (χ3n) is 11.8. The molecule has 0 fully saturated rings. The fourth-order valence-corrected chi connectivity index (χ4v) is 8.14. The van der Waals surface area contributed by atoms with E-state index in [0.29, 0.717) is 0 Å². The van der Waals surface area contributed by atoms with Crippen LogP contribution >= 0.6 is 7.82 Å². The van der Waals surface area contributed by atoms with Gasteiger partial charge in [0.15, 0.2) is 0 Å². The lowest BCUT2D eigenvalue weighted by Crippen LogP contribution is -3.00. The molecular weight excluding hydrogens is 807 g/mol. The Morgan fingerprint density at radius 1 is 0.567 bits per heavy atom. The summed E-state index contributed by atoms with van der Waals surface area (Å²) in [6, 6.07) is 30.9. The molecule has 2 atom stereocenters. The Kier molecular flexibility index (Phi) is 18.8. The van der Waals surface area contributed by atoms with Gasteiger partial charge in [-0.1, -0.05) is 72.8 Å². The number of benzene rings is 4. The molecule has 0 radical (unpaired) electrons. The summed E-state index contributed by atoms with van der Waals surface area (Å²) in [5.41, 5.74) is 3.48. The standard InChI is InChI=1S/2C23H30NO3.ClH.H3O4P/c2*1-5-24(6-2,7-3)16-17(4)26-23(25)22-18-12-8-10-14-20(18)27-21-15-11-9-13-19(21)22;;1-5(2,3)4/h2*8-15,17,22H,5-7,16H2,1-4H3;1H;(H3,1,2,3,4)/q2*+1;;/p-2. The quantitative estimate of drug-likeness (QED) is 0.102. The number of phosphoric acid groups is 1. The summed E-state index contributed by atoms with van der Waals surface area (Å²) in [4.78, 5) is 49.3. The second-order valence-electron chi connectivity index (χ2n) is 15.2. The van der Waals surface area contributed by atoms with Gasteiger partial charge in [0.25, 0.3) is 7.82 Å². The third-order valence-corrected chi connectivity index (χ3v) is 11.8. The monoisotopic (exact) mass is 868 g/mol. The van der Waals surface area contributed by atoms with Gasteiger partial charge in [-0.05, 0) is 79.7 Å². The van der Waals surface area contributed by atoms with Gasteiger partial charge in [-0.2, -0.15) is 0 Å². The van der Waals surface area contributed by atoms with Crippen molar-refractivity contribution in [2.75, 3.05) is 52.4 Å². The molecule has 2 unspecified atom stereocenters. The summed E-state index contributed by atoms with van der Waals surface area (Å²) in [6.45, 7) is 25.1. The Bertz CT molecular complexity index is 1800. The lowest BCUT2D eigenvalue weighted by atomic mass is 9.88. The summed E-state index contributed by atoms with van der Waals surface area (Å²) in [5.74, 6) is 1.62. The Morgan fingerprint density at radius 2 is 0.783 bits per heavy atom. The second kappa shape index (κ2) is 22.5. The first kappa shape index (κ1) is 50.1. The summed E-state index contributed by atoms with van der Waals surface area (Å²) in [7, 11) is -4.89. The number of carbonyl (C=O) groups excluding carboxylic acids is 2. The number of nitrogens with zero attached hydrogens (tertiary/aromatic N) is 2. The molecule has 2 N–H and O–H groups in total. The fourth-order valence-electron chi connectivity index (χ4n) is 8.14. The van der Waals surface area contributed by atoms with Crippen molar-refractivity contribution in [2.24, 2.45) is 0 Å². The number of fused-ring (bicyclic) bond motifs is 4. The lowest BCUT2D eigenvalue weighted by Gasteiger charge is -2.38. The van der Waals surface area contributed by atoms with Crippen LogP contribution in [0.5, 0.6) is 23.0 Å². The second-order valence-corrected chi connectivity index (χ2v) is 16.1. The van der Waals surface area contributed by atoms with Crippen molar-refractivity contribution in [1.29, 1.82) is 0 Å². The van der Waals surface area contributed by atoms with Crippen molar-refractivity contribution in [2.45, 2.75) is 79.4 Å². The molecule has 4 aromatic carbocycles. The minimum absolute atomic E-state index is 0. The Labute approximate surface area is 361 Å². The van der Waals surface area contributed by atoms with Crippen molar-refractivity contribution in [3.63, 3.8) is 0 Å². The third kappa shape index (κ3) is 12.9. The summed E-state index contributed by atoms with van der Waals surface area (Å²) < 4.78 is 34.6. The number of quaternary nitrogens is 2. The van der Waals surface area contributed by atoms with E-state index in [1.165, 1.54) is 0 Å². The predicted octanol–water partition coefficient (Wildman–Crippen LogP) is 4.91. The molecule has 0 amide bonds. The number of hydrogen-bond acceptors (Lipinski definition) is 8. The molecular formula is C46H62ClN2O10P. The predicted molar refractivity (Wildman–Crippen MR) is 226 cm³/mol. The zero-order chi connectivity index (χ0) is 43.4. The molecule has 4 aromatic rings. The van der Waals surface area contributed by atoms with Crippen molar-refractivity contribution >= 4 is 19.8 Å². The smallest absolute Gasteiger partial charge is 0.318 e. The van der Waals surface area contributed by atoms with Crippen LogP contribution in [0.4, 0.5) is 0 Å². The highest BCUT2D eigenvalue weighted by molar-refractivity contribution is 7.43. The van der Waals surface area contributed by atoms with E-state index in [-0.39, 0.29) is 36.6 Å². The molecule has 12 nitrogen and oxygen atoms in total. The Balaban J connectivity index is 0.000000284. The van der Waals surface area contributed by atoms with Crippen molar-refractivity contribution in [3.05, 3.63) is 119 Å². The summed E-state index contributed by atoms with van der Waals surface area (Å²) in [5, 5.41) is 0. The molecule has 0 saturated heterocycles. The molecule has 0 aliphatic carbocycles. The number of ether oxygens (including phenoxy) is 4. The average molecular weight is 869 g/mol. The topological polar surface area (TPSA) is 152 Å². The van der Waals surface area contributed by atoms with Crippen LogP contribution in [-0.4, -0.2) is 95.3 Å². The highest BCUT2D eigenvalue weighted by Gasteiger charge is 2.37. The van der Waals surface area contributed by atoms with E-state index in [4.69, 9.17) is 38.2 Å². The van der Waals surface area contributed by atoms with Gasteiger partial charge in [-0.3, -0.25) is 14.2 Å². The van der Waals surface area contributed by atoms with Gasteiger partial charge in [0, 0.05) is 22.3 Å². The molecule has 2 heterocycles. The van der Waals surface area contributed by atoms with Crippen LogP contribution in [0.25, 0.3) is 0 Å². The summed E-state index contributed by atoms with van der Waals surface area (Å²) >= 11 is 0. The molecule has 0 saturated carbocycles. The van der Waals surface area contributed by atoms with Crippen molar-refractivity contribution < 1.29 is 69.2 Å². The molecule has 0 bridgehead atoms. The van der Waals surface area contributed by atoms with E-state index in [1.807, 2.05) is 111 Å². The van der Waals surface area contributed by atoms with Gasteiger partial charge in [0.1, 0.15) is 60.1 Å². The van der Waals surface area contributed by atoms with Crippen LogP contribution in [-0.2, 0) is 23.6 Å². The minimum atomic E-state index is -4.89. The Hall–Kier alpha value is -4.26. The molecule has 60 heavy (non-hydrogen) atoms. The van der Waals surface area contributed by atoms with E-state index in [9.17, 15) is 9.59 Å². The maximum Gasteiger partial charge on any atom is 0.318 e. The normalized spacial score (nSPS) is 14.2. The SMILES string of the molecule is CC[N+](CC)(CC)CC(C)OC(=O)C1c2ccccc2Oc2ccccc21.CC[N+](CC)(CC)CC(C)OC(=O)C1c2ccccc2Oc2ccccc21.O=P([O-])(O)O.[Cl-]. The first-order chi connectivity index (χ1) is 28.1. The minimum Gasteiger partial charge on any atom is -1.00 e. The first-order valence-electron chi connectivity index (χ1n) is 20.7. The van der Waals surface area contributed by atoms with E-state index in [1.54, 1.807) is 0 Å². The molecule has 0 aromatic heterocycles. The number of rotatable bonds is 14. The van der Waals surface area contributed by atoms with E-state index in [0.717, 1.165) is 107 Å². The lowest BCUT2D eigenvalue weighted by molar-refractivity contribution is -0.925. The van der Waals surface area contributed by atoms with Gasteiger partial charge in [0.05, 0.1) is 39.3 Å². The number of likely N-dealkylation sites (N-methyl/N-ethyl adjacent to an activating group) is 2. The van der Waals surface area contributed by atoms with Crippen LogP contribution in [0.3, 0.4) is 0 Å². The largest absolute Gasteiger partial charge is 1.00 e. The summed E-state index contributed by atoms with van der Waals surface area (Å²) in [6.07, 6.45) is -0.279. The fraction of sp³-hybridized carbons (Fsp3) is 0.435. The number of esters is 2. The maximum absolute atomic E-state index is 13.2.